The first-order chi connectivity index (χ1) is 22.0. The van der Waals surface area contributed by atoms with Gasteiger partial charge in [-0.2, -0.15) is 0 Å². The molecule has 0 saturated carbocycles. The van der Waals surface area contributed by atoms with Crippen LogP contribution in [-0.2, 0) is 19.1 Å². The molecule has 0 heterocycles. The van der Waals surface area contributed by atoms with Gasteiger partial charge in [0.1, 0.15) is 6.61 Å². The molecule has 0 rings (SSSR count). The molecule has 45 heavy (non-hydrogen) atoms. The summed E-state index contributed by atoms with van der Waals surface area (Å²) in [6.07, 6.45) is 39.4. The second-order valence-electron chi connectivity index (χ2n) is 12.1. The monoisotopic (exact) mass is 633 g/mol. The summed E-state index contributed by atoms with van der Waals surface area (Å²) in [4.78, 5) is 24.1. The molecule has 0 aromatic carbocycles. The Morgan fingerprint density at radius 3 is 1.62 bits per heavy atom. The van der Waals surface area contributed by atoms with Crippen LogP contribution in [0.25, 0.3) is 0 Å². The Hall–Kier alpha value is -2.18. The minimum atomic E-state index is -0.808. The fraction of sp³-hybridized carbons (Fsp3) is 0.744. The van der Waals surface area contributed by atoms with E-state index in [4.69, 9.17) is 9.47 Å². The third-order valence-corrected chi connectivity index (χ3v) is 7.68. The number of unbranched alkanes of at least 4 members (excludes halogenated alkanes) is 13. The Bertz CT molecular complexity index is 784. The zero-order valence-electron chi connectivity index (χ0n) is 29.0. The molecule has 0 aromatic heterocycles. The van der Waals surface area contributed by atoms with Crippen molar-refractivity contribution in [3.05, 3.63) is 48.6 Å². The molecule has 0 bridgehead atoms. The molecule has 2 atom stereocenters. The van der Waals surface area contributed by atoms with Crippen LogP contribution in [0.2, 0.25) is 0 Å². The van der Waals surface area contributed by atoms with Gasteiger partial charge in [0, 0.05) is 12.8 Å². The third-order valence-electron chi connectivity index (χ3n) is 7.68. The summed E-state index contributed by atoms with van der Waals surface area (Å²) in [6.45, 7) is 3.88. The Labute approximate surface area is 276 Å². The first-order valence-electron chi connectivity index (χ1n) is 18.3. The molecule has 6 nitrogen and oxygen atoms in total. The van der Waals surface area contributed by atoms with E-state index in [0.29, 0.717) is 12.8 Å². The van der Waals surface area contributed by atoms with Gasteiger partial charge in [-0.05, 0) is 51.4 Å². The fourth-order valence-corrected chi connectivity index (χ4v) is 4.91. The second-order valence-corrected chi connectivity index (χ2v) is 12.1. The van der Waals surface area contributed by atoms with Crippen molar-refractivity contribution in [2.24, 2.45) is 0 Å². The van der Waals surface area contributed by atoms with Crippen molar-refractivity contribution in [1.29, 1.82) is 0 Å². The highest BCUT2D eigenvalue weighted by Crippen LogP contribution is 2.13. The van der Waals surface area contributed by atoms with E-state index in [0.717, 1.165) is 64.2 Å². The van der Waals surface area contributed by atoms with E-state index < -0.39 is 6.10 Å². The van der Waals surface area contributed by atoms with Crippen molar-refractivity contribution in [3.8, 4) is 0 Å². The third kappa shape index (κ3) is 33.0. The maximum atomic E-state index is 12.1. The minimum absolute atomic E-state index is 0.0964. The SMILES string of the molecule is CCCCCCCCCCCCCCCC(=O)OC[C@H](CO)OC(=O)CCC/C=C\C/C=C\C/C=C\C/C=C\CC(O)CCC. The highest BCUT2D eigenvalue weighted by molar-refractivity contribution is 5.70. The van der Waals surface area contributed by atoms with Gasteiger partial charge in [-0.15, -0.1) is 0 Å². The van der Waals surface area contributed by atoms with Crippen molar-refractivity contribution >= 4 is 11.9 Å². The van der Waals surface area contributed by atoms with E-state index in [1.54, 1.807) is 0 Å². The molecule has 0 aromatic rings. The van der Waals surface area contributed by atoms with Gasteiger partial charge in [0.05, 0.1) is 12.7 Å². The van der Waals surface area contributed by atoms with E-state index in [9.17, 15) is 19.8 Å². The van der Waals surface area contributed by atoms with Crippen molar-refractivity contribution in [2.75, 3.05) is 13.2 Å². The molecule has 0 fully saturated rings. The zero-order valence-corrected chi connectivity index (χ0v) is 29.0. The molecule has 2 N–H and O–H groups in total. The standard InChI is InChI=1S/C39H68O6/c1-3-5-6-7-8-9-10-12-16-19-22-25-28-32-38(42)44-35-37(34-40)45-39(43)33-29-26-23-20-17-14-11-13-15-18-21-24-27-31-36(41)30-4-2/h11,14-15,18,20,23-24,27,36-37,40-41H,3-10,12-13,16-17,19,21-22,25-26,28-35H2,1-2H3/b14-11-,18-15-,23-20-,27-24-/t36?,37-/m0/s1. The molecule has 0 radical (unpaired) electrons. The van der Waals surface area contributed by atoms with Crippen LogP contribution in [0.3, 0.4) is 0 Å². The van der Waals surface area contributed by atoms with Crippen molar-refractivity contribution in [2.45, 2.75) is 174 Å². The topological polar surface area (TPSA) is 93.1 Å². The van der Waals surface area contributed by atoms with Crippen LogP contribution in [-0.4, -0.2) is 47.6 Å². The maximum Gasteiger partial charge on any atom is 0.306 e. The lowest BCUT2D eigenvalue weighted by Crippen LogP contribution is -2.28. The molecule has 0 saturated heterocycles. The molecule has 1 unspecified atom stereocenters. The number of carbonyl (C=O) groups excluding carboxylic acids is 2. The minimum Gasteiger partial charge on any atom is -0.462 e. The summed E-state index contributed by atoms with van der Waals surface area (Å²) in [5.74, 6) is -0.678. The Kier molecular flexibility index (Phi) is 33.0. The number of aliphatic hydroxyl groups excluding tert-OH is 2. The van der Waals surface area contributed by atoms with Gasteiger partial charge in [0.25, 0.3) is 0 Å². The lowest BCUT2D eigenvalue weighted by atomic mass is 10.0. The van der Waals surface area contributed by atoms with E-state index in [2.05, 4.69) is 62.5 Å². The molecule has 6 heteroatoms. The number of rotatable bonds is 32. The van der Waals surface area contributed by atoms with Crippen LogP contribution in [0.1, 0.15) is 162 Å². The fourth-order valence-electron chi connectivity index (χ4n) is 4.91. The Morgan fingerprint density at radius 1 is 0.600 bits per heavy atom. The summed E-state index contributed by atoms with van der Waals surface area (Å²) in [6, 6.07) is 0. The number of carbonyl (C=O) groups is 2. The molecule has 260 valence electrons. The number of aliphatic hydroxyl groups is 2. The molecular weight excluding hydrogens is 564 g/mol. The van der Waals surface area contributed by atoms with Crippen molar-refractivity contribution < 1.29 is 29.3 Å². The van der Waals surface area contributed by atoms with Gasteiger partial charge in [-0.25, -0.2) is 0 Å². The predicted molar refractivity (Wildman–Crippen MR) is 188 cm³/mol. The van der Waals surface area contributed by atoms with Crippen LogP contribution in [0.15, 0.2) is 48.6 Å². The Balaban J connectivity index is 3.71. The van der Waals surface area contributed by atoms with Crippen molar-refractivity contribution in [3.63, 3.8) is 0 Å². The summed E-state index contributed by atoms with van der Waals surface area (Å²) >= 11 is 0. The lowest BCUT2D eigenvalue weighted by Gasteiger charge is -2.15. The van der Waals surface area contributed by atoms with Crippen LogP contribution < -0.4 is 0 Å². The number of hydrogen-bond donors (Lipinski definition) is 2. The highest BCUT2D eigenvalue weighted by Gasteiger charge is 2.15. The highest BCUT2D eigenvalue weighted by atomic mass is 16.6. The summed E-state index contributed by atoms with van der Waals surface area (Å²) in [5, 5.41) is 19.2. The van der Waals surface area contributed by atoms with Gasteiger partial charge in [-0.1, -0.05) is 146 Å². The van der Waals surface area contributed by atoms with Gasteiger partial charge < -0.3 is 19.7 Å². The lowest BCUT2D eigenvalue weighted by molar-refractivity contribution is -0.161. The molecule has 0 spiro atoms. The Morgan fingerprint density at radius 2 is 1.09 bits per heavy atom. The van der Waals surface area contributed by atoms with Crippen molar-refractivity contribution in [1.82, 2.24) is 0 Å². The number of hydrogen-bond acceptors (Lipinski definition) is 6. The van der Waals surface area contributed by atoms with Gasteiger partial charge >= 0.3 is 11.9 Å². The number of ether oxygens (including phenoxy) is 2. The number of esters is 2. The van der Waals surface area contributed by atoms with E-state index in [1.807, 2.05) is 0 Å². The number of allylic oxidation sites excluding steroid dienone is 7. The zero-order chi connectivity index (χ0) is 33.1. The summed E-state index contributed by atoms with van der Waals surface area (Å²) in [7, 11) is 0. The van der Waals surface area contributed by atoms with Crippen LogP contribution in [0.4, 0.5) is 0 Å². The predicted octanol–water partition coefficient (Wildman–Crippen LogP) is 10.0. The molecular formula is C39H68O6. The van der Waals surface area contributed by atoms with E-state index >= 15 is 0 Å². The largest absolute Gasteiger partial charge is 0.462 e. The molecule has 0 amide bonds. The molecule has 0 aliphatic carbocycles. The van der Waals surface area contributed by atoms with Gasteiger partial charge in [-0.3, -0.25) is 9.59 Å². The van der Waals surface area contributed by atoms with Crippen LogP contribution >= 0.6 is 0 Å². The quantitative estimate of drug-likeness (QED) is 0.0435. The first-order valence-corrected chi connectivity index (χ1v) is 18.3. The normalized spacial score (nSPS) is 13.4. The second kappa shape index (κ2) is 34.7. The smallest absolute Gasteiger partial charge is 0.306 e. The first kappa shape index (κ1) is 42.8. The van der Waals surface area contributed by atoms with E-state index in [1.165, 1.54) is 64.2 Å². The maximum absolute atomic E-state index is 12.1. The van der Waals surface area contributed by atoms with Gasteiger partial charge in [0.2, 0.25) is 0 Å². The van der Waals surface area contributed by atoms with Crippen LogP contribution in [0.5, 0.6) is 0 Å². The molecule has 0 aliphatic heterocycles. The summed E-state index contributed by atoms with van der Waals surface area (Å²) < 4.78 is 10.5. The van der Waals surface area contributed by atoms with Gasteiger partial charge in [0.15, 0.2) is 6.10 Å². The van der Waals surface area contributed by atoms with E-state index in [-0.39, 0.29) is 37.7 Å². The average molecular weight is 633 g/mol. The average Bonchev–Trinajstić information content (AvgIpc) is 3.03. The summed E-state index contributed by atoms with van der Waals surface area (Å²) in [5.41, 5.74) is 0. The molecule has 0 aliphatic rings. The van der Waals surface area contributed by atoms with Crippen LogP contribution in [0, 0.1) is 0 Å².